The summed E-state index contributed by atoms with van der Waals surface area (Å²) in [5, 5.41) is 9.15. The molecule has 6 heteroatoms. The van der Waals surface area contributed by atoms with E-state index in [9.17, 15) is 9.59 Å². The lowest BCUT2D eigenvalue weighted by molar-refractivity contribution is -0.142. The molecule has 2 heterocycles. The van der Waals surface area contributed by atoms with Gasteiger partial charge in [0, 0.05) is 38.3 Å². The lowest BCUT2D eigenvalue weighted by Crippen LogP contribution is -2.56. The van der Waals surface area contributed by atoms with Crippen molar-refractivity contribution < 1.29 is 14.7 Å². The predicted molar refractivity (Wildman–Crippen MR) is 75.6 cm³/mol. The molecule has 3 atom stereocenters. The summed E-state index contributed by atoms with van der Waals surface area (Å²) in [4.78, 5) is 29.6. The zero-order chi connectivity index (χ0) is 14.9. The molecule has 2 amide bonds. The second kappa shape index (κ2) is 5.99. The van der Waals surface area contributed by atoms with Gasteiger partial charge < -0.3 is 14.9 Å². The number of amides is 2. The third kappa shape index (κ3) is 2.75. The van der Waals surface area contributed by atoms with E-state index in [1.165, 1.54) is 0 Å². The molecule has 20 heavy (non-hydrogen) atoms. The highest BCUT2D eigenvalue weighted by Gasteiger charge is 2.40. The summed E-state index contributed by atoms with van der Waals surface area (Å²) in [6.07, 6.45) is 1.58. The van der Waals surface area contributed by atoms with Gasteiger partial charge in [-0.2, -0.15) is 0 Å². The average Bonchev–Trinajstić information content (AvgIpc) is 2.80. The highest BCUT2D eigenvalue weighted by Crippen LogP contribution is 2.26. The van der Waals surface area contributed by atoms with Crippen molar-refractivity contribution >= 4 is 12.0 Å². The maximum Gasteiger partial charge on any atom is 0.320 e. The molecule has 0 aromatic carbocycles. The van der Waals surface area contributed by atoms with Crippen molar-refractivity contribution in [2.24, 2.45) is 5.92 Å². The Hall–Kier alpha value is -1.30. The predicted octanol–water partition coefficient (Wildman–Crippen LogP) is 0.927. The van der Waals surface area contributed by atoms with Crippen molar-refractivity contribution in [2.75, 3.05) is 33.2 Å². The van der Waals surface area contributed by atoms with Crippen molar-refractivity contribution in [3.05, 3.63) is 0 Å². The van der Waals surface area contributed by atoms with Crippen LogP contribution in [0, 0.1) is 5.92 Å². The fourth-order valence-electron chi connectivity index (χ4n) is 3.28. The van der Waals surface area contributed by atoms with Crippen LogP contribution in [0.5, 0.6) is 0 Å². The highest BCUT2D eigenvalue weighted by atomic mass is 16.4. The molecule has 2 aliphatic rings. The molecule has 0 aromatic rings. The lowest BCUT2D eigenvalue weighted by atomic mass is 10.0. The van der Waals surface area contributed by atoms with E-state index in [0.29, 0.717) is 19.0 Å². The van der Waals surface area contributed by atoms with Crippen LogP contribution in [0.3, 0.4) is 0 Å². The van der Waals surface area contributed by atoms with Crippen LogP contribution in [-0.4, -0.2) is 77.1 Å². The van der Waals surface area contributed by atoms with Gasteiger partial charge >= 0.3 is 12.0 Å². The molecule has 0 saturated carbocycles. The number of likely N-dealkylation sites (tertiary alicyclic amines) is 1. The van der Waals surface area contributed by atoms with Crippen LogP contribution in [0.1, 0.15) is 26.7 Å². The molecule has 0 radical (unpaired) electrons. The molecule has 3 unspecified atom stereocenters. The second-order valence-corrected chi connectivity index (χ2v) is 5.94. The third-order valence-electron chi connectivity index (χ3n) is 4.84. The van der Waals surface area contributed by atoms with E-state index >= 15 is 0 Å². The van der Waals surface area contributed by atoms with Crippen molar-refractivity contribution in [1.82, 2.24) is 14.7 Å². The van der Waals surface area contributed by atoms with Crippen molar-refractivity contribution in [3.63, 3.8) is 0 Å². The second-order valence-electron chi connectivity index (χ2n) is 5.94. The topological polar surface area (TPSA) is 64.1 Å². The molecular formula is C14H25N3O3. The number of piperazine rings is 1. The first-order chi connectivity index (χ1) is 9.45. The van der Waals surface area contributed by atoms with Crippen LogP contribution in [0.15, 0.2) is 0 Å². The average molecular weight is 283 g/mol. The van der Waals surface area contributed by atoms with E-state index in [4.69, 9.17) is 5.11 Å². The van der Waals surface area contributed by atoms with Gasteiger partial charge in [0.2, 0.25) is 0 Å². The van der Waals surface area contributed by atoms with Gasteiger partial charge in [-0.25, -0.2) is 4.79 Å². The minimum Gasteiger partial charge on any atom is -0.481 e. The summed E-state index contributed by atoms with van der Waals surface area (Å²) in [5.74, 6) is -1.22. The molecule has 1 N–H and O–H groups in total. The first-order valence-corrected chi connectivity index (χ1v) is 7.44. The number of urea groups is 1. The van der Waals surface area contributed by atoms with Gasteiger partial charge in [-0.05, 0) is 26.8 Å². The Bertz CT molecular complexity index is 388. The zero-order valence-corrected chi connectivity index (χ0v) is 12.6. The first kappa shape index (κ1) is 15.1. The summed E-state index contributed by atoms with van der Waals surface area (Å²) in [6, 6.07) is 0.202. The number of likely N-dealkylation sites (N-methyl/N-ethyl adjacent to an activating group) is 1. The number of carboxylic acid groups (broad SMARTS) is 1. The first-order valence-electron chi connectivity index (χ1n) is 7.44. The largest absolute Gasteiger partial charge is 0.481 e. The molecule has 2 rings (SSSR count). The van der Waals surface area contributed by atoms with E-state index in [1.54, 1.807) is 4.90 Å². The number of carboxylic acids is 1. The Balaban J connectivity index is 2.00. The van der Waals surface area contributed by atoms with Gasteiger partial charge in [0.05, 0.1) is 5.92 Å². The quantitative estimate of drug-likeness (QED) is 0.819. The van der Waals surface area contributed by atoms with Gasteiger partial charge in [-0.15, -0.1) is 0 Å². The van der Waals surface area contributed by atoms with Gasteiger partial charge in [0.15, 0.2) is 0 Å². The standard InChI is InChI=1S/C14H25N3O3/c1-4-11-9-16(8-7-15(11)3)14(20)17-6-5-12(10(17)2)13(18)19/h10-12H,4-9H2,1-3H3,(H,18,19). The highest BCUT2D eigenvalue weighted by molar-refractivity contribution is 5.78. The number of hydrogen-bond donors (Lipinski definition) is 1. The minimum absolute atomic E-state index is 0.00722. The third-order valence-corrected chi connectivity index (χ3v) is 4.84. The molecule has 2 saturated heterocycles. The smallest absolute Gasteiger partial charge is 0.320 e. The maximum absolute atomic E-state index is 12.6. The van der Waals surface area contributed by atoms with Crippen LogP contribution in [0.2, 0.25) is 0 Å². The SMILES string of the molecule is CCC1CN(C(=O)N2CCC(C(=O)O)C2C)CCN1C. The summed E-state index contributed by atoms with van der Waals surface area (Å²) in [7, 11) is 2.09. The summed E-state index contributed by atoms with van der Waals surface area (Å²) in [6.45, 7) is 6.89. The van der Waals surface area contributed by atoms with E-state index in [-0.39, 0.29) is 12.1 Å². The molecule has 6 nitrogen and oxygen atoms in total. The number of hydrogen-bond acceptors (Lipinski definition) is 3. The zero-order valence-electron chi connectivity index (χ0n) is 12.6. The van der Waals surface area contributed by atoms with Crippen LogP contribution in [-0.2, 0) is 4.79 Å². The van der Waals surface area contributed by atoms with Crippen LogP contribution in [0.25, 0.3) is 0 Å². The summed E-state index contributed by atoms with van der Waals surface area (Å²) in [5.41, 5.74) is 0. The number of nitrogens with zero attached hydrogens (tertiary/aromatic N) is 3. The van der Waals surface area contributed by atoms with Crippen molar-refractivity contribution in [2.45, 2.75) is 38.8 Å². The van der Waals surface area contributed by atoms with Crippen molar-refractivity contribution in [3.8, 4) is 0 Å². The Labute approximate surface area is 120 Å². The van der Waals surface area contributed by atoms with Crippen LogP contribution in [0.4, 0.5) is 4.79 Å². The van der Waals surface area contributed by atoms with E-state index in [1.807, 2.05) is 11.8 Å². The van der Waals surface area contributed by atoms with Crippen LogP contribution >= 0.6 is 0 Å². The fraction of sp³-hybridized carbons (Fsp3) is 0.857. The maximum atomic E-state index is 12.6. The van der Waals surface area contributed by atoms with Gasteiger partial charge in [0.25, 0.3) is 0 Å². The molecule has 114 valence electrons. The monoisotopic (exact) mass is 283 g/mol. The van der Waals surface area contributed by atoms with Gasteiger partial charge in [-0.1, -0.05) is 6.92 Å². The molecule has 0 aliphatic carbocycles. The number of aliphatic carboxylic acids is 1. The van der Waals surface area contributed by atoms with Gasteiger partial charge in [-0.3, -0.25) is 9.69 Å². The van der Waals surface area contributed by atoms with E-state index in [0.717, 1.165) is 26.1 Å². The molecular weight excluding hydrogens is 258 g/mol. The molecule has 0 spiro atoms. The Morgan fingerprint density at radius 2 is 1.95 bits per heavy atom. The summed E-state index contributed by atoms with van der Waals surface area (Å²) < 4.78 is 0. The number of carbonyl (C=O) groups excluding carboxylic acids is 1. The Morgan fingerprint density at radius 3 is 2.50 bits per heavy atom. The summed E-state index contributed by atoms with van der Waals surface area (Å²) >= 11 is 0. The molecule has 2 aliphatic heterocycles. The Morgan fingerprint density at radius 1 is 1.25 bits per heavy atom. The number of carbonyl (C=O) groups is 2. The fourth-order valence-corrected chi connectivity index (χ4v) is 3.28. The minimum atomic E-state index is -0.794. The van der Waals surface area contributed by atoms with Crippen LogP contribution < -0.4 is 0 Å². The molecule has 2 fully saturated rings. The van der Waals surface area contributed by atoms with E-state index < -0.39 is 11.9 Å². The van der Waals surface area contributed by atoms with E-state index in [2.05, 4.69) is 18.9 Å². The van der Waals surface area contributed by atoms with Gasteiger partial charge in [0.1, 0.15) is 0 Å². The normalized spacial score (nSPS) is 31.6. The number of rotatable bonds is 2. The Kier molecular flexibility index (Phi) is 4.52. The molecule has 0 aromatic heterocycles. The lowest BCUT2D eigenvalue weighted by Gasteiger charge is -2.41. The molecule has 0 bridgehead atoms. The van der Waals surface area contributed by atoms with Crippen molar-refractivity contribution in [1.29, 1.82) is 0 Å².